The van der Waals surface area contributed by atoms with Gasteiger partial charge in [0, 0.05) is 0 Å². The van der Waals surface area contributed by atoms with E-state index in [2.05, 4.69) is 13.8 Å². The van der Waals surface area contributed by atoms with Crippen LogP contribution >= 0.6 is 0 Å². The van der Waals surface area contributed by atoms with Crippen molar-refractivity contribution in [2.45, 2.75) is 460 Å². The van der Waals surface area contributed by atoms with Gasteiger partial charge in [0.15, 0.2) is 0 Å². The molecule has 0 aliphatic heterocycles. The van der Waals surface area contributed by atoms with Crippen molar-refractivity contribution in [3.05, 3.63) is 59.7 Å². The van der Waals surface area contributed by atoms with Gasteiger partial charge in [0.1, 0.15) is 20.2 Å². The van der Waals surface area contributed by atoms with Gasteiger partial charge >= 0.3 is 37.7 Å². The summed E-state index contributed by atoms with van der Waals surface area (Å²) in [5.41, 5.74) is 2.23. The summed E-state index contributed by atoms with van der Waals surface area (Å²) in [5.74, 6) is 0. The Balaban J connectivity index is 0.00000176. The van der Waals surface area contributed by atoms with Crippen LogP contribution < -0.4 is 0 Å². The number of unbranched alkanes of at least 4 members (excludes halogenated alkanes) is 64. The molecule has 0 saturated heterocycles. The second-order valence-corrected chi connectivity index (χ2v) is 31.1. The third-order valence-corrected chi connectivity index (χ3v) is 21.3. The number of aryl methyl sites for hydroxylation is 2. The summed E-state index contributed by atoms with van der Waals surface area (Å²) in [6, 6.07) is 12.8. The van der Waals surface area contributed by atoms with Crippen LogP contribution in [0.1, 0.15) is 449 Å². The van der Waals surface area contributed by atoms with Crippen LogP contribution in [-0.2, 0) is 33.1 Å². The Morgan fingerprint density at radius 2 is 0.308 bits per heavy atom. The van der Waals surface area contributed by atoms with E-state index in [0.29, 0.717) is 0 Å². The first kappa shape index (κ1) is 90.5. The molecule has 0 bridgehead atoms. The fourth-order valence-corrected chi connectivity index (χ4v) is 14.3. The Morgan fingerprint density at radius 3 is 0.418 bits per heavy atom. The predicted octanol–water partition coefficient (Wildman–Crippen LogP) is 27.7. The van der Waals surface area contributed by atoms with E-state index in [4.69, 9.17) is 0 Å². The second kappa shape index (κ2) is 70.8. The van der Waals surface area contributed by atoms with Crippen LogP contribution in [0.2, 0.25) is 0 Å². The Labute approximate surface area is 598 Å². The predicted molar refractivity (Wildman–Crippen MR) is 398 cm³/mol. The van der Waals surface area contributed by atoms with Crippen molar-refractivity contribution in [1.29, 1.82) is 0 Å². The van der Waals surface area contributed by atoms with Gasteiger partial charge in [0.2, 0.25) is 0 Å². The molecule has 91 heavy (non-hydrogen) atoms. The summed E-state index contributed by atoms with van der Waals surface area (Å²) in [7, 11) is -8.66. The zero-order chi connectivity index (χ0) is 65.0. The molecule has 0 unspecified atom stereocenters. The van der Waals surface area contributed by atoms with E-state index in [0.717, 1.165) is 36.8 Å². The van der Waals surface area contributed by atoms with Crippen LogP contribution in [0.25, 0.3) is 0 Å². The van der Waals surface area contributed by atoms with Crippen molar-refractivity contribution < 1.29 is 25.9 Å². The molecule has 0 saturated carbocycles. The van der Waals surface area contributed by atoms with E-state index in [1.807, 2.05) is 0 Å². The monoisotopic (exact) mass is 1340 g/mol. The van der Waals surface area contributed by atoms with Gasteiger partial charge in [-0.2, -0.15) is 0 Å². The van der Waals surface area contributed by atoms with Gasteiger partial charge in [-0.1, -0.05) is 449 Å². The molecular weight excluding hydrogens is 1190 g/mol. The first-order valence-electron chi connectivity index (χ1n) is 40.2. The van der Waals surface area contributed by atoms with Crippen molar-refractivity contribution in [3.8, 4) is 0 Å². The molecule has 0 aromatic heterocycles. The molecule has 0 atom stereocenters. The van der Waals surface area contributed by atoms with Crippen molar-refractivity contribution in [2.24, 2.45) is 0 Å². The summed E-state index contributed by atoms with van der Waals surface area (Å²) in [4.78, 5) is -0.264. The molecule has 0 N–H and O–H groups in total. The van der Waals surface area contributed by atoms with Gasteiger partial charge in [0.25, 0.3) is 0 Å². The Hall–Kier alpha value is -0.480. The van der Waals surface area contributed by atoms with Crippen molar-refractivity contribution in [3.63, 3.8) is 0 Å². The molecule has 2 aromatic rings. The van der Waals surface area contributed by atoms with E-state index in [9.17, 15) is 25.9 Å². The average Bonchev–Trinajstić information content (AvgIpc) is 2.45. The molecule has 0 aliphatic carbocycles. The summed E-state index contributed by atoms with van der Waals surface area (Å²) < 4.78 is 66.0. The van der Waals surface area contributed by atoms with Gasteiger partial charge in [-0.25, -0.2) is 16.8 Å². The van der Waals surface area contributed by atoms with Crippen molar-refractivity contribution in [2.75, 3.05) is 0 Å². The fraction of sp³-hybridized carbons (Fsp3) is 0.854. The van der Waals surface area contributed by atoms with Gasteiger partial charge in [-0.15, -0.1) is 0 Å². The maximum Gasteiger partial charge on any atom is 2.00 e. The Bertz CT molecular complexity index is 1820. The normalized spacial score (nSPS) is 11.7. The fourth-order valence-electron chi connectivity index (χ4n) is 13.4. The SMILES string of the molecule is CCCCCCCCCCCCCCCCCCCCCCCCCCCCCCCCCCCc1ccc(S(=O)(=O)[O-])cc1.CCCCCCCCCCCCCCCCCCCCCCCCCCCCCCCCCCCc1ccc(S(=O)(=O)[O-])cc1.[Ca+2]. The molecule has 0 spiro atoms. The van der Waals surface area contributed by atoms with Crippen LogP contribution in [0.5, 0.6) is 0 Å². The Kier molecular flexibility index (Phi) is 70.5. The minimum absolute atomic E-state index is 0. The third-order valence-electron chi connectivity index (χ3n) is 19.6. The molecule has 0 amide bonds. The zero-order valence-electron chi connectivity index (χ0n) is 60.7. The van der Waals surface area contributed by atoms with Gasteiger partial charge < -0.3 is 9.11 Å². The summed E-state index contributed by atoms with van der Waals surface area (Å²) in [5, 5.41) is 0. The zero-order valence-corrected chi connectivity index (χ0v) is 64.5. The minimum Gasteiger partial charge on any atom is -0.744 e. The van der Waals surface area contributed by atoms with Crippen LogP contribution in [0, 0.1) is 0 Å². The van der Waals surface area contributed by atoms with E-state index >= 15 is 0 Å². The quantitative estimate of drug-likeness (QED) is 0.0370. The van der Waals surface area contributed by atoms with Crippen molar-refractivity contribution >= 4 is 58.0 Å². The molecular formula is C82H150CaO6S2. The molecule has 0 aliphatic rings. The second-order valence-electron chi connectivity index (χ2n) is 28.3. The number of benzene rings is 2. The van der Waals surface area contributed by atoms with Gasteiger partial charge in [0.05, 0.1) is 9.79 Å². The summed E-state index contributed by atoms with van der Waals surface area (Å²) in [6.45, 7) is 4.60. The smallest absolute Gasteiger partial charge is 0.744 e. The van der Waals surface area contributed by atoms with E-state index in [1.165, 1.54) is 435 Å². The maximum atomic E-state index is 11.0. The topological polar surface area (TPSA) is 114 Å². The molecule has 0 heterocycles. The molecule has 0 fully saturated rings. The molecule has 6 nitrogen and oxygen atoms in total. The standard InChI is InChI=1S/2C41H76O3S.Ca/c2*1-2-3-4-5-6-7-8-9-10-11-12-13-14-15-16-17-18-19-20-21-22-23-24-25-26-27-28-29-30-31-32-33-34-35-40-36-38-41(39-37-40)45(42,43)44;/h2*36-39H,2-35H2,1H3,(H,42,43,44);/q;;+2/p-2. The number of rotatable bonds is 70. The molecule has 2 aromatic carbocycles. The maximum absolute atomic E-state index is 11.0. The van der Waals surface area contributed by atoms with E-state index in [-0.39, 0.29) is 47.5 Å². The Morgan fingerprint density at radius 1 is 0.198 bits per heavy atom. The minimum atomic E-state index is -4.33. The largest absolute Gasteiger partial charge is 2.00 e. The first-order chi connectivity index (χ1) is 44.1. The van der Waals surface area contributed by atoms with Gasteiger partial charge in [-0.05, 0) is 61.1 Å². The average molecular weight is 1340 g/mol. The summed E-state index contributed by atoms with van der Waals surface area (Å²) >= 11 is 0. The van der Waals surface area contributed by atoms with Crippen LogP contribution in [0.15, 0.2) is 58.3 Å². The number of hydrogen-bond acceptors (Lipinski definition) is 6. The number of hydrogen-bond donors (Lipinski definition) is 0. The van der Waals surface area contributed by atoms with Crippen LogP contribution in [-0.4, -0.2) is 63.7 Å². The van der Waals surface area contributed by atoms with E-state index in [1.54, 1.807) is 24.3 Å². The first-order valence-corrected chi connectivity index (χ1v) is 43.0. The van der Waals surface area contributed by atoms with Gasteiger partial charge in [-0.3, -0.25) is 0 Å². The van der Waals surface area contributed by atoms with Crippen LogP contribution in [0.4, 0.5) is 0 Å². The summed E-state index contributed by atoms with van der Waals surface area (Å²) in [6.07, 6.45) is 95.8. The molecule has 2 rings (SSSR count). The van der Waals surface area contributed by atoms with Crippen molar-refractivity contribution in [1.82, 2.24) is 0 Å². The molecule has 528 valence electrons. The van der Waals surface area contributed by atoms with Crippen LogP contribution in [0.3, 0.4) is 0 Å². The molecule has 0 radical (unpaired) electrons. The van der Waals surface area contributed by atoms with E-state index < -0.39 is 20.2 Å². The third kappa shape index (κ3) is 66.5. The molecule has 9 heteroatoms.